The fourth-order valence-corrected chi connectivity index (χ4v) is 2.07. The van der Waals surface area contributed by atoms with E-state index in [1.165, 1.54) is 30.5 Å². The smallest absolute Gasteiger partial charge is 0.340 e. The van der Waals surface area contributed by atoms with Crippen LogP contribution in [0.4, 0.5) is 23.2 Å². The quantitative estimate of drug-likeness (QED) is 0.531. The first kappa shape index (κ1) is 18.3. The molecule has 3 nitrogen and oxygen atoms in total. The van der Waals surface area contributed by atoms with Gasteiger partial charge in [0.1, 0.15) is 17.2 Å². The number of rotatable bonds is 6. The molecule has 0 spiro atoms. The minimum atomic E-state index is -4.25. The topological polar surface area (TPSA) is 41.8 Å². The summed E-state index contributed by atoms with van der Waals surface area (Å²) in [6.45, 7) is -1.46. The molecule has 0 aromatic heterocycles. The molecule has 1 N–H and O–H groups in total. The number of para-hydroxylation sites is 2. The van der Waals surface area contributed by atoms with Crippen LogP contribution in [0, 0.1) is 0 Å². The molecule has 2 rings (SSSR count). The molecule has 0 saturated heterocycles. The highest BCUT2D eigenvalue weighted by molar-refractivity contribution is 9.10. The number of hydrogen-bond donors (Lipinski definition) is 1. The van der Waals surface area contributed by atoms with Crippen LogP contribution >= 0.6 is 15.9 Å². The lowest BCUT2D eigenvalue weighted by atomic mass is 10.2. The highest BCUT2D eigenvalue weighted by atomic mass is 79.9. The molecule has 0 heterocycles. The standard InChI is InChI=1S/C16H12BrF4NO2/c17-11-5-6-13(23)10(7-11)8-22-12-3-1-2-4-14(12)24-9-16(20,21)15(18)19/h1-8,15,23H,9H2. The molecule has 2 aromatic carbocycles. The van der Waals surface area contributed by atoms with Gasteiger partial charge < -0.3 is 9.84 Å². The predicted octanol–water partition coefficient (Wildman–Crippen LogP) is 5.18. The Balaban J connectivity index is 2.20. The van der Waals surface area contributed by atoms with E-state index in [4.69, 9.17) is 4.74 Å². The number of ether oxygens (including phenoxy) is 1. The lowest BCUT2D eigenvalue weighted by Gasteiger charge is -2.16. The number of nitrogens with zero attached hydrogens (tertiary/aromatic N) is 1. The number of halogens is 5. The first-order valence-electron chi connectivity index (χ1n) is 6.70. The lowest BCUT2D eigenvalue weighted by Crippen LogP contribution is -2.33. The third kappa shape index (κ3) is 4.70. The van der Waals surface area contributed by atoms with Gasteiger partial charge in [0.25, 0.3) is 0 Å². The van der Waals surface area contributed by atoms with Gasteiger partial charge in [-0.3, -0.25) is 4.99 Å². The zero-order valence-electron chi connectivity index (χ0n) is 12.1. The molecule has 0 atom stereocenters. The largest absolute Gasteiger partial charge is 0.507 e. The summed E-state index contributed by atoms with van der Waals surface area (Å²) < 4.78 is 55.8. The Bertz CT molecular complexity index is 738. The van der Waals surface area contributed by atoms with Crippen molar-refractivity contribution >= 4 is 27.8 Å². The molecule has 128 valence electrons. The van der Waals surface area contributed by atoms with Gasteiger partial charge in [0.05, 0.1) is 0 Å². The van der Waals surface area contributed by atoms with Gasteiger partial charge in [-0.1, -0.05) is 28.1 Å². The van der Waals surface area contributed by atoms with E-state index in [2.05, 4.69) is 20.9 Å². The second-order valence-electron chi connectivity index (χ2n) is 4.78. The first-order chi connectivity index (χ1) is 11.3. The Morgan fingerprint density at radius 3 is 2.62 bits per heavy atom. The molecule has 0 unspecified atom stereocenters. The molecule has 0 saturated carbocycles. The molecular formula is C16H12BrF4NO2. The predicted molar refractivity (Wildman–Crippen MR) is 85.9 cm³/mol. The number of aliphatic imine (C=N–C) groups is 1. The maximum Gasteiger partial charge on any atom is 0.340 e. The first-order valence-corrected chi connectivity index (χ1v) is 7.49. The van der Waals surface area contributed by atoms with Crippen LogP contribution in [-0.4, -0.2) is 30.3 Å². The summed E-state index contributed by atoms with van der Waals surface area (Å²) in [7, 11) is 0. The van der Waals surface area contributed by atoms with Crippen molar-refractivity contribution in [2.45, 2.75) is 12.3 Å². The van der Waals surface area contributed by atoms with Crippen LogP contribution in [0.15, 0.2) is 51.9 Å². The number of alkyl halides is 4. The molecule has 0 radical (unpaired) electrons. The summed E-state index contributed by atoms with van der Waals surface area (Å²) in [6, 6.07) is 10.6. The van der Waals surface area contributed by atoms with Gasteiger partial charge in [-0.25, -0.2) is 8.78 Å². The number of hydrogen-bond acceptors (Lipinski definition) is 3. The van der Waals surface area contributed by atoms with Crippen molar-refractivity contribution in [3.05, 3.63) is 52.5 Å². The second-order valence-corrected chi connectivity index (χ2v) is 5.70. The average molecular weight is 406 g/mol. The van der Waals surface area contributed by atoms with Crippen molar-refractivity contribution in [2.24, 2.45) is 4.99 Å². The van der Waals surface area contributed by atoms with Crippen molar-refractivity contribution < 1.29 is 27.4 Å². The Kier molecular flexibility index (Phi) is 5.82. The van der Waals surface area contributed by atoms with Crippen LogP contribution in [0.5, 0.6) is 11.5 Å². The monoisotopic (exact) mass is 405 g/mol. The molecular weight excluding hydrogens is 394 g/mol. The second kappa shape index (κ2) is 7.65. The van der Waals surface area contributed by atoms with Crippen molar-refractivity contribution in [1.29, 1.82) is 0 Å². The van der Waals surface area contributed by atoms with E-state index in [0.717, 1.165) is 0 Å². The van der Waals surface area contributed by atoms with Gasteiger partial charge in [-0.15, -0.1) is 0 Å². The zero-order valence-corrected chi connectivity index (χ0v) is 13.7. The summed E-state index contributed by atoms with van der Waals surface area (Å²) >= 11 is 3.25. The minimum Gasteiger partial charge on any atom is -0.507 e. The van der Waals surface area contributed by atoms with Crippen LogP contribution in [0.3, 0.4) is 0 Å². The van der Waals surface area contributed by atoms with Gasteiger partial charge in [-0.05, 0) is 30.3 Å². The van der Waals surface area contributed by atoms with E-state index >= 15 is 0 Å². The maximum absolute atomic E-state index is 13.0. The molecule has 24 heavy (non-hydrogen) atoms. The van der Waals surface area contributed by atoms with E-state index < -0.39 is 19.0 Å². The molecule has 8 heteroatoms. The molecule has 0 bridgehead atoms. The van der Waals surface area contributed by atoms with Crippen LogP contribution < -0.4 is 4.74 Å². The fraction of sp³-hybridized carbons (Fsp3) is 0.188. The van der Waals surface area contributed by atoms with E-state index in [1.807, 2.05) is 0 Å². The van der Waals surface area contributed by atoms with E-state index in [1.54, 1.807) is 18.2 Å². The van der Waals surface area contributed by atoms with Gasteiger partial charge in [-0.2, -0.15) is 8.78 Å². The molecule has 0 aliphatic carbocycles. The summed E-state index contributed by atoms with van der Waals surface area (Å²) in [5, 5.41) is 9.73. The van der Waals surface area contributed by atoms with Gasteiger partial charge >= 0.3 is 12.3 Å². The molecule has 0 fully saturated rings. The van der Waals surface area contributed by atoms with Crippen molar-refractivity contribution in [3.8, 4) is 11.5 Å². The van der Waals surface area contributed by atoms with E-state index in [-0.39, 0.29) is 17.2 Å². The minimum absolute atomic E-state index is 0.0235. The van der Waals surface area contributed by atoms with Gasteiger partial charge in [0.2, 0.25) is 0 Å². The molecule has 0 aliphatic rings. The van der Waals surface area contributed by atoms with Crippen molar-refractivity contribution in [3.63, 3.8) is 0 Å². The molecule has 2 aromatic rings. The average Bonchev–Trinajstić information content (AvgIpc) is 2.54. The van der Waals surface area contributed by atoms with Crippen LogP contribution in [0.1, 0.15) is 5.56 Å². The SMILES string of the molecule is Oc1ccc(Br)cc1C=Nc1ccccc1OCC(F)(F)C(F)F. The number of phenolic OH excluding ortho intramolecular Hbond substituents is 1. The summed E-state index contributed by atoms with van der Waals surface area (Å²) in [5.41, 5.74) is 0.555. The van der Waals surface area contributed by atoms with Crippen LogP contribution in [0.2, 0.25) is 0 Å². The summed E-state index contributed by atoms with van der Waals surface area (Å²) in [5.74, 6) is -4.34. The Labute approximate surface area is 143 Å². The lowest BCUT2D eigenvalue weighted by molar-refractivity contribution is -0.148. The molecule has 0 amide bonds. The Hall–Kier alpha value is -2.09. The number of phenols is 1. The normalized spacial score (nSPS) is 12.1. The van der Waals surface area contributed by atoms with E-state index in [9.17, 15) is 22.7 Å². The number of benzene rings is 2. The summed E-state index contributed by atoms with van der Waals surface area (Å²) in [4.78, 5) is 4.06. The van der Waals surface area contributed by atoms with Crippen LogP contribution in [-0.2, 0) is 0 Å². The maximum atomic E-state index is 13.0. The van der Waals surface area contributed by atoms with Gasteiger partial charge in [0, 0.05) is 16.3 Å². The van der Waals surface area contributed by atoms with E-state index in [0.29, 0.717) is 10.0 Å². The van der Waals surface area contributed by atoms with Crippen molar-refractivity contribution in [1.82, 2.24) is 0 Å². The van der Waals surface area contributed by atoms with Crippen molar-refractivity contribution in [2.75, 3.05) is 6.61 Å². The Morgan fingerprint density at radius 1 is 1.21 bits per heavy atom. The third-order valence-electron chi connectivity index (χ3n) is 2.94. The fourth-order valence-electron chi connectivity index (χ4n) is 1.69. The number of aromatic hydroxyl groups is 1. The van der Waals surface area contributed by atoms with Gasteiger partial charge in [0.15, 0.2) is 6.61 Å². The highest BCUT2D eigenvalue weighted by Gasteiger charge is 2.41. The summed E-state index contributed by atoms with van der Waals surface area (Å²) in [6.07, 6.45) is -2.50. The van der Waals surface area contributed by atoms with Crippen LogP contribution in [0.25, 0.3) is 0 Å². The third-order valence-corrected chi connectivity index (χ3v) is 3.43. The Morgan fingerprint density at radius 2 is 1.92 bits per heavy atom. The highest BCUT2D eigenvalue weighted by Crippen LogP contribution is 2.30. The molecule has 0 aliphatic heterocycles. The zero-order chi connectivity index (χ0) is 17.7.